The van der Waals surface area contributed by atoms with Gasteiger partial charge in [-0.15, -0.1) is 10.2 Å². The Hall–Kier alpha value is -2.06. The molecule has 0 bridgehead atoms. The number of aliphatic carboxylic acids is 1. The molecule has 0 fully saturated rings. The summed E-state index contributed by atoms with van der Waals surface area (Å²) in [6.45, 7) is 0. The Morgan fingerprint density at radius 2 is 2.00 bits per heavy atom. The van der Waals surface area contributed by atoms with Crippen molar-refractivity contribution in [1.29, 1.82) is 0 Å². The van der Waals surface area contributed by atoms with Gasteiger partial charge < -0.3 is 16.1 Å². The van der Waals surface area contributed by atoms with Crippen molar-refractivity contribution in [3.05, 3.63) is 10.4 Å². The Bertz CT molecular complexity index is 269. The van der Waals surface area contributed by atoms with Crippen molar-refractivity contribution in [3.8, 4) is 0 Å². The molecule has 1 aliphatic rings. The summed E-state index contributed by atoms with van der Waals surface area (Å²) in [5.74, 6) is -4.09. The average Bonchev–Trinajstić information content (AvgIpc) is 2.38. The molecule has 0 aromatic rings. The molecule has 1 rings (SSSR count). The van der Waals surface area contributed by atoms with Gasteiger partial charge in [-0.25, -0.2) is 0 Å². The van der Waals surface area contributed by atoms with Crippen LogP contribution in [-0.2, 0) is 4.79 Å². The zero-order chi connectivity index (χ0) is 8.32. The number of hydrogen-bond acceptors (Lipinski definition) is 7. The first-order valence-electron chi connectivity index (χ1n) is 2.33. The summed E-state index contributed by atoms with van der Waals surface area (Å²) in [6, 6.07) is 0. The molecule has 0 spiro atoms. The third kappa shape index (κ3) is 1.33. The quantitative estimate of drug-likeness (QED) is 0.348. The van der Waals surface area contributed by atoms with E-state index in [0.29, 0.717) is 0 Å². The Kier molecular flexibility index (Phi) is 2.79. The van der Waals surface area contributed by atoms with E-state index in [-0.39, 0.29) is 6.15 Å². The topological polar surface area (TPSA) is 175 Å². The molecule has 0 aromatic carbocycles. The monoisotopic (exact) mass is 172 g/mol. The molecule has 0 atom stereocenters. The van der Waals surface area contributed by atoms with Crippen LogP contribution in [-0.4, -0.2) is 11.8 Å². The second-order valence-electron chi connectivity index (χ2n) is 1.49. The van der Waals surface area contributed by atoms with E-state index in [9.17, 15) is 9.90 Å². The summed E-state index contributed by atoms with van der Waals surface area (Å²) >= 11 is 0. The van der Waals surface area contributed by atoms with Crippen LogP contribution in [0.15, 0.2) is 25.8 Å². The van der Waals surface area contributed by atoms with Gasteiger partial charge in [0, 0.05) is 4.91 Å². The van der Waals surface area contributed by atoms with E-state index in [4.69, 9.17) is 5.53 Å². The summed E-state index contributed by atoms with van der Waals surface area (Å²) in [7, 11) is 0. The van der Waals surface area contributed by atoms with E-state index in [1.807, 2.05) is 0 Å². The molecular weight excluding hydrogens is 168 g/mol. The van der Waals surface area contributed by atoms with E-state index >= 15 is 0 Å². The number of hydrogen-bond donors (Lipinski definition) is 1. The molecule has 4 N–H and O–H groups in total. The Labute approximate surface area is 65.2 Å². The van der Waals surface area contributed by atoms with Gasteiger partial charge in [-0.05, 0) is 21.1 Å². The van der Waals surface area contributed by atoms with Crippen molar-refractivity contribution in [2.45, 2.75) is 5.79 Å². The van der Waals surface area contributed by atoms with Gasteiger partial charge in [-0.3, -0.25) is 0 Å². The van der Waals surface area contributed by atoms with E-state index in [0.717, 1.165) is 0 Å². The molecule has 10 heteroatoms. The lowest BCUT2D eigenvalue weighted by molar-refractivity contribution is -0.312. The molecule has 12 heavy (non-hydrogen) atoms. The summed E-state index contributed by atoms with van der Waals surface area (Å²) in [4.78, 5) is 12.4. The zero-order valence-corrected chi connectivity index (χ0v) is 5.95. The second kappa shape index (κ2) is 3.37. The normalized spacial score (nSPS) is 16.3. The maximum absolute atomic E-state index is 10.2. The molecule has 1 heterocycles. The van der Waals surface area contributed by atoms with Gasteiger partial charge in [0.25, 0.3) is 0 Å². The van der Waals surface area contributed by atoms with Crippen LogP contribution in [0.4, 0.5) is 0 Å². The minimum absolute atomic E-state index is 0. The highest BCUT2D eigenvalue weighted by molar-refractivity contribution is 5.76. The highest BCUT2D eigenvalue weighted by Crippen LogP contribution is 2.20. The smallest absolute Gasteiger partial charge is 0.311 e. The Morgan fingerprint density at radius 3 is 2.33 bits per heavy atom. The fourth-order valence-corrected chi connectivity index (χ4v) is 0.410. The first-order valence-corrected chi connectivity index (χ1v) is 2.33. The summed E-state index contributed by atoms with van der Waals surface area (Å²) < 4.78 is 0. The minimum Gasteiger partial charge on any atom is -0.545 e. The fourth-order valence-electron chi connectivity index (χ4n) is 0.410. The van der Waals surface area contributed by atoms with Crippen molar-refractivity contribution in [2.24, 2.45) is 25.8 Å². The number of carboxylic acids is 1. The van der Waals surface area contributed by atoms with E-state index in [2.05, 4.69) is 30.7 Å². The van der Waals surface area contributed by atoms with E-state index in [1.165, 1.54) is 0 Å². The minimum atomic E-state index is -2.32. The van der Waals surface area contributed by atoms with Gasteiger partial charge in [0.15, 0.2) is 0 Å². The Morgan fingerprint density at radius 1 is 1.50 bits per heavy atom. The number of nitrogens with zero attached hydrogens (tertiary/aromatic N) is 7. The van der Waals surface area contributed by atoms with Crippen LogP contribution in [0.3, 0.4) is 0 Å². The van der Waals surface area contributed by atoms with Crippen LogP contribution in [0.5, 0.6) is 0 Å². The molecule has 0 saturated carbocycles. The molecular formula is C2H4N8O2. The number of quaternary nitrogens is 1. The third-order valence-corrected chi connectivity index (χ3v) is 0.866. The lowest BCUT2D eigenvalue weighted by Crippen LogP contribution is -2.42. The van der Waals surface area contributed by atoms with Crippen LogP contribution in [0.25, 0.3) is 10.4 Å². The predicted molar refractivity (Wildman–Crippen MR) is 32.6 cm³/mol. The lowest BCUT2D eigenvalue weighted by atomic mass is 10.4. The lowest BCUT2D eigenvalue weighted by Gasteiger charge is -2.12. The van der Waals surface area contributed by atoms with Crippen molar-refractivity contribution in [3.63, 3.8) is 0 Å². The maximum atomic E-state index is 10.2. The SMILES string of the molecule is [N-]=[N+]=NC1(C(=O)[O-])N=NN=N1.[NH4+]. The van der Waals surface area contributed by atoms with Crippen molar-refractivity contribution in [1.82, 2.24) is 6.15 Å². The number of carboxylic acid groups (broad SMARTS) is 1. The van der Waals surface area contributed by atoms with Gasteiger partial charge in [-0.2, -0.15) is 0 Å². The summed E-state index contributed by atoms with van der Waals surface area (Å²) in [6.07, 6.45) is 0. The molecule has 64 valence electrons. The van der Waals surface area contributed by atoms with Crippen LogP contribution in [0.2, 0.25) is 0 Å². The first-order chi connectivity index (χ1) is 5.21. The zero-order valence-electron chi connectivity index (χ0n) is 5.95. The largest absolute Gasteiger partial charge is 0.545 e. The average molecular weight is 172 g/mol. The molecule has 0 radical (unpaired) electrons. The standard InChI is InChI=1S/C2HN7O2.H3N/c3-7-4-2(1(10)11)5-8-9-6-2;/h(H,10,11);1H3. The molecule has 0 aromatic heterocycles. The van der Waals surface area contributed by atoms with Gasteiger partial charge >= 0.3 is 5.79 Å². The maximum Gasteiger partial charge on any atom is 0.311 e. The highest BCUT2D eigenvalue weighted by atomic mass is 16.4. The van der Waals surface area contributed by atoms with Crippen molar-refractivity contribution in [2.75, 3.05) is 0 Å². The molecule has 10 nitrogen and oxygen atoms in total. The van der Waals surface area contributed by atoms with E-state index < -0.39 is 11.8 Å². The van der Waals surface area contributed by atoms with Crippen molar-refractivity contribution >= 4 is 5.97 Å². The first kappa shape index (κ1) is 9.94. The number of carbonyl (C=O) groups excluding carboxylic acids is 1. The molecule has 0 unspecified atom stereocenters. The van der Waals surface area contributed by atoms with Gasteiger partial charge in [0.05, 0.1) is 0 Å². The van der Waals surface area contributed by atoms with Crippen LogP contribution in [0, 0.1) is 0 Å². The van der Waals surface area contributed by atoms with Crippen LogP contribution in [0.1, 0.15) is 0 Å². The number of rotatable bonds is 2. The molecule has 0 aliphatic carbocycles. The summed E-state index contributed by atoms with van der Waals surface area (Å²) in [5.41, 5.74) is 7.90. The van der Waals surface area contributed by atoms with Gasteiger partial charge in [-0.1, -0.05) is 0 Å². The highest BCUT2D eigenvalue weighted by Gasteiger charge is 2.33. The van der Waals surface area contributed by atoms with Crippen LogP contribution >= 0.6 is 0 Å². The predicted octanol–water partition coefficient (Wildman–Crippen LogP) is -0.0904. The number of carbonyl (C=O) groups is 1. The molecule has 1 aliphatic heterocycles. The Balaban J connectivity index is 0.00000121. The van der Waals surface area contributed by atoms with Crippen LogP contribution < -0.4 is 11.3 Å². The number of azide groups is 1. The van der Waals surface area contributed by atoms with Gasteiger partial charge in [0.1, 0.15) is 5.97 Å². The van der Waals surface area contributed by atoms with Crippen molar-refractivity contribution < 1.29 is 9.90 Å². The third-order valence-electron chi connectivity index (χ3n) is 0.866. The molecule has 0 saturated heterocycles. The van der Waals surface area contributed by atoms with Gasteiger partial charge in [0.2, 0.25) is 0 Å². The van der Waals surface area contributed by atoms with E-state index in [1.54, 1.807) is 0 Å². The fraction of sp³-hybridized carbons (Fsp3) is 0.500. The second-order valence-corrected chi connectivity index (χ2v) is 1.49. The summed E-state index contributed by atoms with van der Waals surface area (Å²) in [5, 5.41) is 24.7. The molecule has 0 amide bonds.